The zero-order valence-electron chi connectivity index (χ0n) is 11.8. The van der Waals surface area contributed by atoms with E-state index in [-0.39, 0.29) is 11.7 Å². The molecule has 0 bridgehead atoms. The number of nitrogens with zero attached hydrogens (tertiary/aromatic N) is 5. The topological polar surface area (TPSA) is 74.5 Å². The second-order valence-corrected chi connectivity index (χ2v) is 5.10. The van der Waals surface area contributed by atoms with E-state index in [0.717, 1.165) is 12.2 Å². The van der Waals surface area contributed by atoms with Crippen molar-refractivity contribution >= 4 is 11.6 Å². The van der Waals surface area contributed by atoms with Crippen LogP contribution < -0.4 is 4.90 Å². The molecule has 1 fully saturated rings. The Bertz CT molecular complexity index is 654. The average Bonchev–Trinajstić information content (AvgIpc) is 2.88. The Morgan fingerprint density at radius 3 is 2.90 bits per heavy atom. The molecule has 2 aromatic rings. The van der Waals surface area contributed by atoms with Gasteiger partial charge in [0.05, 0.1) is 24.1 Å². The average molecular weight is 287 g/mol. The van der Waals surface area contributed by atoms with E-state index in [4.69, 9.17) is 0 Å². The highest BCUT2D eigenvalue weighted by molar-refractivity contribution is 5.95. The van der Waals surface area contributed by atoms with Crippen LogP contribution in [0, 0.1) is 0 Å². The van der Waals surface area contributed by atoms with Gasteiger partial charge in [-0.25, -0.2) is 0 Å². The molecule has 1 saturated heterocycles. The number of carbonyl (C=O) groups excluding carboxylic acids is 1. The van der Waals surface area contributed by atoms with Crippen molar-refractivity contribution in [3.63, 3.8) is 0 Å². The predicted molar refractivity (Wildman–Crippen MR) is 76.7 cm³/mol. The second kappa shape index (κ2) is 5.53. The van der Waals surface area contributed by atoms with E-state index in [2.05, 4.69) is 10.1 Å². The summed E-state index contributed by atoms with van der Waals surface area (Å²) in [4.78, 5) is 20.1. The van der Waals surface area contributed by atoms with Crippen LogP contribution in [-0.4, -0.2) is 50.3 Å². The number of hydrogen-bond donors (Lipinski definition) is 1. The van der Waals surface area contributed by atoms with Crippen LogP contribution in [0.5, 0.6) is 5.75 Å². The third-order valence-electron chi connectivity index (χ3n) is 3.54. The monoisotopic (exact) mass is 287 g/mol. The Kier molecular flexibility index (Phi) is 3.57. The van der Waals surface area contributed by atoms with Crippen LogP contribution in [0.4, 0.5) is 5.69 Å². The van der Waals surface area contributed by atoms with Crippen molar-refractivity contribution in [2.45, 2.75) is 6.54 Å². The Hall–Kier alpha value is -2.41. The number of amides is 1. The first-order valence-electron chi connectivity index (χ1n) is 6.78. The van der Waals surface area contributed by atoms with E-state index in [0.29, 0.717) is 25.3 Å². The van der Waals surface area contributed by atoms with Gasteiger partial charge in [0, 0.05) is 39.1 Å². The number of aromatic hydroxyl groups is 1. The Morgan fingerprint density at radius 2 is 2.24 bits per heavy atom. The lowest BCUT2D eigenvalue weighted by atomic mass is 10.2. The zero-order valence-corrected chi connectivity index (χ0v) is 11.8. The number of pyridine rings is 1. The molecule has 0 spiro atoms. The molecule has 7 heteroatoms. The van der Waals surface area contributed by atoms with Crippen molar-refractivity contribution in [3.05, 3.63) is 36.4 Å². The molecule has 2 aromatic heterocycles. The minimum Gasteiger partial charge on any atom is -0.506 e. The van der Waals surface area contributed by atoms with Gasteiger partial charge in [0.15, 0.2) is 0 Å². The fourth-order valence-corrected chi connectivity index (χ4v) is 2.44. The second-order valence-electron chi connectivity index (χ2n) is 5.10. The van der Waals surface area contributed by atoms with Crippen LogP contribution in [0.2, 0.25) is 0 Å². The maximum atomic E-state index is 12.3. The quantitative estimate of drug-likeness (QED) is 0.883. The summed E-state index contributed by atoms with van der Waals surface area (Å²) in [5.41, 5.74) is 1.42. The van der Waals surface area contributed by atoms with Crippen molar-refractivity contribution in [1.82, 2.24) is 19.7 Å². The minimum absolute atomic E-state index is 0.0321. The smallest absolute Gasteiger partial charge is 0.241 e. The summed E-state index contributed by atoms with van der Waals surface area (Å²) >= 11 is 0. The molecule has 1 aliphatic heterocycles. The van der Waals surface area contributed by atoms with Crippen molar-refractivity contribution in [1.29, 1.82) is 0 Å². The highest BCUT2D eigenvalue weighted by Crippen LogP contribution is 2.19. The molecule has 3 rings (SSSR count). The van der Waals surface area contributed by atoms with E-state index in [1.165, 1.54) is 0 Å². The van der Waals surface area contributed by atoms with Gasteiger partial charge >= 0.3 is 0 Å². The lowest BCUT2D eigenvalue weighted by molar-refractivity contribution is -0.121. The van der Waals surface area contributed by atoms with Crippen molar-refractivity contribution in [2.24, 2.45) is 7.05 Å². The molecule has 3 heterocycles. The molecular formula is C14H17N5O2. The summed E-state index contributed by atoms with van der Waals surface area (Å²) in [6.45, 7) is 2.12. The van der Waals surface area contributed by atoms with Gasteiger partial charge in [0.1, 0.15) is 5.75 Å². The molecule has 1 amide bonds. The number of carbonyl (C=O) groups is 1. The van der Waals surface area contributed by atoms with Crippen LogP contribution in [0.1, 0.15) is 5.69 Å². The molecule has 0 aliphatic carbocycles. The molecule has 0 radical (unpaired) electrons. The highest BCUT2D eigenvalue weighted by atomic mass is 16.3. The predicted octanol–water partition coefficient (Wildman–Crippen LogP) is 0.369. The minimum atomic E-state index is 0.0321. The molecule has 1 N–H and O–H groups in total. The van der Waals surface area contributed by atoms with Crippen molar-refractivity contribution < 1.29 is 9.90 Å². The van der Waals surface area contributed by atoms with Crippen LogP contribution in [0.25, 0.3) is 0 Å². The number of piperazine rings is 1. The van der Waals surface area contributed by atoms with E-state index >= 15 is 0 Å². The standard InChI is InChI=1S/C14H17N5O2/c1-17-8-11(7-16-17)19-6-5-18(10-14(19)21)9-12-13(20)3-2-4-15-12/h2-4,7-8,20H,5-6,9-10H2,1H3. The van der Waals surface area contributed by atoms with Crippen LogP contribution in [0.15, 0.2) is 30.7 Å². The van der Waals surface area contributed by atoms with E-state index in [1.54, 1.807) is 34.1 Å². The number of anilines is 1. The Labute approximate surface area is 122 Å². The molecule has 1 aliphatic rings. The maximum absolute atomic E-state index is 12.3. The fraction of sp³-hybridized carbons (Fsp3) is 0.357. The van der Waals surface area contributed by atoms with Gasteiger partial charge in [-0.3, -0.25) is 19.4 Å². The summed E-state index contributed by atoms with van der Waals surface area (Å²) in [6.07, 6.45) is 5.17. The number of aromatic nitrogens is 3. The van der Waals surface area contributed by atoms with Gasteiger partial charge in [-0.2, -0.15) is 5.10 Å². The van der Waals surface area contributed by atoms with Crippen molar-refractivity contribution in [2.75, 3.05) is 24.5 Å². The summed E-state index contributed by atoms with van der Waals surface area (Å²) in [7, 11) is 1.83. The maximum Gasteiger partial charge on any atom is 0.241 e. The molecule has 110 valence electrons. The van der Waals surface area contributed by atoms with E-state index in [9.17, 15) is 9.90 Å². The lowest BCUT2D eigenvalue weighted by Crippen LogP contribution is -2.50. The highest BCUT2D eigenvalue weighted by Gasteiger charge is 2.26. The van der Waals surface area contributed by atoms with Gasteiger partial charge in [-0.15, -0.1) is 0 Å². The Morgan fingerprint density at radius 1 is 1.38 bits per heavy atom. The van der Waals surface area contributed by atoms with Gasteiger partial charge in [-0.05, 0) is 12.1 Å². The van der Waals surface area contributed by atoms with Crippen LogP contribution >= 0.6 is 0 Å². The lowest BCUT2D eigenvalue weighted by Gasteiger charge is -2.33. The Balaban J connectivity index is 1.66. The van der Waals surface area contributed by atoms with Crippen LogP contribution in [-0.2, 0) is 18.4 Å². The van der Waals surface area contributed by atoms with Crippen molar-refractivity contribution in [3.8, 4) is 5.75 Å². The number of hydrogen-bond acceptors (Lipinski definition) is 5. The van der Waals surface area contributed by atoms with E-state index in [1.807, 2.05) is 18.1 Å². The number of aryl methyl sites for hydroxylation is 1. The summed E-state index contributed by atoms with van der Waals surface area (Å²) in [5, 5.41) is 13.8. The first-order chi connectivity index (χ1) is 10.1. The van der Waals surface area contributed by atoms with Gasteiger partial charge < -0.3 is 10.0 Å². The largest absolute Gasteiger partial charge is 0.506 e. The zero-order chi connectivity index (χ0) is 14.8. The third-order valence-corrected chi connectivity index (χ3v) is 3.54. The SMILES string of the molecule is Cn1cc(N2CCN(Cc3ncccc3O)CC2=O)cn1. The molecule has 0 atom stereocenters. The third kappa shape index (κ3) is 2.87. The molecule has 0 saturated carbocycles. The summed E-state index contributed by atoms with van der Waals surface area (Å²) in [5.74, 6) is 0.198. The van der Waals surface area contributed by atoms with Crippen LogP contribution in [0.3, 0.4) is 0 Å². The summed E-state index contributed by atoms with van der Waals surface area (Å²) in [6, 6.07) is 3.29. The molecule has 0 aromatic carbocycles. The summed E-state index contributed by atoms with van der Waals surface area (Å²) < 4.78 is 1.68. The molecule has 21 heavy (non-hydrogen) atoms. The number of rotatable bonds is 3. The van der Waals surface area contributed by atoms with E-state index < -0.39 is 0 Å². The molecular weight excluding hydrogens is 270 g/mol. The fourth-order valence-electron chi connectivity index (χ4n) is 2.44. The first kappa shape index (κ1) is 13.6. The molecule has 7 nitrogen and oxygen atoms in total. The van der Waals surface area contributed by atoms with Gasteiger partial charge in [-0.1, -0.05) is 0 Å². The first-order valence-corrected chi connectivity index (χ1v) is 6.78. The van der Waals surface area contributed by atoms with Gasteiger partial charge in [0.25, 0.3) is 0 Å². The van der Waals surface area contributed by atoms with Gasteiger partial charge in [0.2, 0.25) is 5.91 Å². The normalized spacial score (nSPS) is 16.4. The molecule has 0 unspecified atom stereocenters.